The number of fused-ring (bicyclic) bond motifs is 2. The van der Waals surface area contributed by atoms with E-state index in [0.29, 0.717) is 5.88 Å². The number of phenols is 1. The van der Waals surface area contributed by atoms with Crippen LogP contribution >= 0.6 is 0 Å². The second-order valence-electron chi connectivity index (χ2n) is 10.5. The van der Waals surface area contributed by atoms with Crippen LogP contribution in [-0.2, 0) is 0 Å². The van der Waals surface area contributed by atoms with Crippen LogP contribution in [0.4, 0.5) is 8.78 Å². The molecular formula is C26H28F2N4O3. The monoisotopic (exact) mass is 482 g/mol. The van der Waals surface area contributed by atoms with Crippen molar-refractivity contribution in [2.75, 3.05) is 7.11 Å². The van der Waals surface area contributed by atoms with Crippen molar-refractivity contribution in [2.45, 2.75) is 58.5 Å². The topological polar surface area (TPSA) is 90.2 Å². The highest BCUT2D eigenvalue weighted by molar-refractivity contribution is 5.75. The van der Waals surface area contributed by atoms with Crippen molar-refractivity contribution in [3.05, 3.63) is 42.1 Å². The van der Waals surface area contributed by atoms with Gasteiger partial charge in [0.05, 0.1) is 18.9 Å². The van der Waals surface area contributed by atoms with E-state index in [1.807, 2.05) is 0 Å². The molecule has 2 aliphatic rings. The number of hydrogen-bond acceptors (Lipinski definition) is 7. The van der Waals surface area contributed by atoms with E-state index < -0.39 is 17.4 Å². The molecule has 0 saturated heterocycles. The Labute approximate surface area is 202 Å². The Morgan fingerprint density at radius 1 is 0.971 bits per heavy atom. The maximum atomic E-state index is 15.1. The summed E-state index contributed by atoms with van der Waals surface area (Å²) in [6.07, 6.45) is 8.09. The summed E-state index contributed by atoms with van der Waals surface area (Å²) in [4.78, 5) is 0. The molecule has 2 saturated carbocycles. The van der Waals surface area contributed by atoms with Gasteiger partial charge in [-0.1, -0.05) is 20.3 Å². The van der Waals surface area contributed by atoms with Crippen molar-refractivity contribution in [3.63, 3.8) is 0 Å². The van der Waals surface area contributed by atoms with E-state index in [0.717, 1.165) is 18.9 Å². The summed E-state index contributed by atoms with van der Waals surface area (Å²) >= 11 is 0. The summed E-state index contributed by atoms with van der Waals surface area (Å²) in [6, 6.07) is 5.58. The summed E-state index contributed by atoms with van der Waals surface area (Å²) in [5.41, 5.74) is 0.214. The summed E-state index contributed by atoms with van der Waals surface area (Å²) < 4.78 is 41.2. The molecule has 2 aliphatic carbocycles. The standard InChI is InChI=1S/C26H28F2N4O3/c1-25-7-4-8-26(2,14-25)12-16(11-25)35-20-6-5-18(30-32-20)22-19(33)10-17(23(27)24(22)28)15-9-21(34-3)31-29-13-15/h5-6,9-10,13,16,33H,4,7-8,11-12,14H2,1-3H3/t16?,25-,26+. The Hall–Kier alpha value is -3.36. The van der Waals surface area contributed by atoms with Crippen LogP contribution in [0.5, 0.6) is 17.5 Å². The number of phenolic OH excluding ortho intramolecular Hbond substituents is 1. The first-order chi connectivity index (χ1) is 16.7. The minimum Gasteiger partial charge on any atom is -0.507 e. The van der Waals surface area contributed by atoms with Crippen molar-refractivity contribution in [1.82, 2.24) is 20.4 Å². The van der Waals surface area contributed by atoms with Gasteiger partial charge in [-0.25, -0.2) is 8.78 Å². The van der Waals surface area contributed by atoms with Crippen LogP contribution in [-0.4, -0.2) is 38.7 Å². The minimum atomic E-state index is -1.24. The predicted molar refractivity (Wildman–Crippen MR) is 125 cm³/mol. The van der Waals surface area contributed by atoms with Gasteiger partial charge in [0.1, 0.15) is 17.5 Å². The fourth-order valence-electron chi connectivity index (χ4n) is 6.10. The van der Waals surface area contributed by atoms with Crippen LogP contribution in [0.15, 0.2) is 30.5 Å². The summed E-state index contributed by atoms with van der Waals surface area (Å²) in [5.74, 6) is -2.39. The number of rotatable bonds is 5. The van der Waals surface area contributed by atoms with Gasteiger partial charge in [-0.15, -0.1) is 15.3 Å². The molecule has 2 fully saturated rings. The van der Waals surface area contributed by atoms with E-state index in [4.69, 9.17) is 9.47 Å². The molecule has 0 aliphatic heterocycles. The van der Waals surface area contributed by atoms with Crippen molar-refractivity contribution >= 4 is 0 Å². The number of methoxy groups -OCH3 is 1. The molecule has 2 heterocycles. The average molecular weight is 483 g/mol. The molecule has 35 heavy (non-hydrogen) atoms. The second kappa shape index (κ2) is 8.70. The molecule has 1 unspecified atom stereocenters. The fraction of sp³-hybridized carbons (Fsp3) is 0.462. The number of aromatic hydroxyl groups is 1. The maximum Gasteiger partial charge on any atom is 0.233 e. The average Bonchev–Trinajstić information content (AvgIpc) is 2.81. The van der Waals surface area contributed by atoms with Gasteiger partial charge < -0.3 is 14.6 Å². The molecule has 3 aromatic rings. The first-order valence-electron chi connectivity index (χ1n) is 11.8. The zero-order valence-electron chi connectivity index (χ0n) is 20.0. The molecule has 1 aromatic carbocycles. The lowest BCUT2D eigenvalue weighted by Crippen LogP contribution is -2.45. The predicted octanol–water partition coefficient (Wildman–Crippen LogP) is 5.72. The zero-order valence-corrected chi connectivity index (χ0v) is 20.0. The molecule has 2 aromatic heterocycles. The Balaban J connectivity index is 1.39. The highest BCUT2D eigenvalue weighted by atomic mass is 19.2. The molecule has 1 N–H and O–H groups in total. The van der Waals surface area contributed by atoms with E-state index in [9.17, 15) is 9.50 Å². The van der Waals surface area contributed by atoms with Gasteiger partial charge in [0.25, 0.3) is 0 Å². The Morgan fingerprint density at radius 3 is 2.37 bits per heavy atom. The first-order valence-corrected chi connectivity index (χ1v) is 11.8. The highest BCUT2D eigenvalue weighted by Crippen LogP contribution is 2.55. The number of aromatic nitrogens is 4. The summed E-state index contributed by atoms with van der Waals surface area (Å²) in [5, 5.41) is 26.1. The van der Waals surface area contributed by atoms with Gasteiger partial charge in [-0.2, -0.15) is 5.10 Å². The number of ether oxygens (including phenoxy) is 2. The van der Waals surface area contributed by atoms with Crippen molar-refractivity contribution in [3.8, 4) is 39.9 Å². The fourth-order valence-corrected chi connectivity index (χ4v) is 6.10. The highest BCUT2D eigenvalue weighted by Gasteiger charge is 2.47. The lowest BCUT2D eigenvalue weighted by molar-refractivity contribution is -0.0421. The van der Waals surface area contributed by atoms with Crippen molar-refractivity contribution < 1.29 is 23.4 Å². The SMILES string of the molecule is COc1cc(-c2cc(O)c(-c3ccc(OC4C[C@]5(C)CCC[C@](C)(C4)C5)nn3)c(F)c2F)cnn1. The van der Waals surface area contributed by atoms with Crippen LogP contribution < -0.4 is 9.47 Å². The second-order valence-corrected chi connectivity index (χ2v) is 10.5. The van der Waals surface area contributed by atoms with E-state index in [-0.39, 0.29) is 45.2 Å². The summed E-state index contributed by atoms with van der Waals surface area (Å²) in [6.45, 7) is 4.66. The van der Waals surface area contributed by atoms with Gasteiger partial charge in [0.2, 0.25) is 11.8 Å². The Bertz CT molecular complexity index is 1240. The third-order valence-electron chi connectivity index (χ3n) is 7.38. The van der Waals surface area contributed by atoms with E-state index >= 15 is 4.39 Å². The van der Waals surface area contributed by atoms with E-state index in [2.05, 4.69) is 34.2 Å². The number of hydrogen-bond donors (Lipinski definition) is 1. The molecule has 2 bridgehead atoms. The van der Waals surface area contributed by atoms with Crippen LogP contribution in [0.2, 0.25) is 0 Å². The smallest absolute Gasteiger partial charge is 0.233 e. The van der Waals surface area contributed by atoms with Gasteiger partial charge in [-0.05, 0) is 55.1 Å². The van der Waals surface area contributed by atoms with Crippen LogP contribution in [0.1, 0.15) is 52.4 Å². The molecule has 0 radical (unpaired) electrons. The molecule has 9 heteroatoms. The maximum absolute atomic E-state index is 15.1. The Kier molecular flexibility index (Phi) is 5.81. The third kappa shape index (κ3) is 4.51. The molecule has 7 nitrogen and oxygen atoms in total. The van der Waals surface area contributed by atoms with Crippen LogP contribution in [0.25, 0.3) is 22.4 Å². The largest absolute Gasteiger partial charge is 0.507 e. The summed E-state index contributed by atoms with van der Waals surface area (Å²) in [7, 11) is 1.39. The lowest BCUT2D eigenvalue weighted by Gasteiger charge is -2.51. The number of nitrogens with zero attached hydrogens (tertiary/aromatic N) is 4. The van der Waals surface area contributed by atoms with Gasteiger partial charge in [0.15, 0.2) is 11.6 Å². The number of benzene rings is 1. The zero-order chi connectivity index (χ0) is 24.8. The number of halogens is 2. The quantitative estimate of drug-likeness (QED) is 0.497. The molecular weight excluding hydrogens is 454 g/mol. The van der Waals surface area contributed by atoms with Crippen molar-refractivity contribution in [1.29, 1.82) is 0 Å². The van der Waals surface area contributed by atoms with E-state index in [1.54, 1.807) is 6.07 Å². The van der Waals surface area contributed by atoms with Gasteiger partial charge in [-0.3, -0.25) is 0 Å². The van der Waals surface area contributed by atoms with Crippen LogP contribution in [0.3, 0.4) is 0 Å². The molecule has 5 rings (SSSR count). The molecule has 3 atom stereocenters. The Morgan fingerprint density at radius 2 is 1.71 bits per heavy atom. The molecule has 0 amide bonds. The third-order valence-corrected chi connectivity index (χ3v) is 7.38. The van der Waals surface area contributed by atoms with Crippen LogP contribution in [0, 0.1) is 22.5 Å². The molecule has 184 valence electrons. The van der Waals surface area contributed by atoms with Gasteiger partial charge in [0, 0.05) is 23.3 Å². The molecule has 0 spiro atoms. The lowest BCUT2D eigenvalue weighted by atomic mass is 9.55. The minimum absolute atomic E-state index is 0.00247. The van der Waals surface area contributed by atoms with Crippen molar-refractivity contribution in [2.24, 2.45) is 10.8 Å². The first kappa shape index (κ1) is 23.4. The van der Waals surface area contributed by atoms with E-state index in [1.165, 1.54) is 51.1 Å². The van der Waals surface area contributed by atoms with Gasteiger partial charge >= 0.3 is 0 Å². The normalized spacial score (nSPS) is 25.8.